The maximum Gasteiger partial charge on any atom is 0.281 e. The molecule has 3 aromatic rings. The van der Waals surface area contributed by atoms with Crippen molar-refractivity contribution in [2.75, 3.05) is 19.6 Å². The van der Waals surface area contributed by atoms with Crippen LogP contribution in [-0.4, -0.2) is 46.7 Å². The number of aromatic nitrogens is 2. The average Bonchev–Trinajstić information content (AvgIpc) is 3.48. The van der Waals surface area contributed by atoms with E-state index in [-0.39, 0.29) is 28.9 Å². The number of amides is 1. The Bertz CT molecular complexity index is 1130. The summed E-state index contributed by atoms with van der Waals surface area (Å²) in [5.74, 6) is -0.750. The molecule has 1 unspecified atom stereocenters. The van der Waals surface area contributed by atoms with Crippen LogP contribution in [-0.2, 0) is 11.3 Å². The van der Waals surface area contributed by atoms with E-state index in [4.69, 9.17) is 20.9 Å². The van der Waals surface area contributed by atoms with Crippen molar-refractivity contribution in [2.24, 2.45) is 0 Å². The molecule has 0 bridgehead atoms. The van der Waals surface area contributed by atoms with E-state index in [1.54, 1.807) is 6.92 Å². The second-order valence-corrected chi connectivity index (χ2v) is 9.49. The van der Waals surface area contributed by atoms with Gasteiger partial charge in [-0.15, -0.1) is 11.3 Å². The van der Waals surface area contributed by atoms with Gasteiger partial charge in [0.2, 0.25) is 0 Å². The summed E-state index contributed by atoms with van der Waals surface area (Å²) in [6.45, 7) is 3.25. The minimum atomic E-state index is -2.75. The number of likely N-dealkylation sites (tertiary alicyclic amines) is 1. The highest BCUT2D eigenvalue weighted by Gasteiger charge is 2.32. The Balaban J connectivity index is 1.43. The maximum atomic E-state index is 14.2. The summed E-state index contributed by atoms with van der Waals surface area (Å²) in [4.78, 5) is 18.9. The number of hydrogen-bond acceptors (Lipinski definition) is 7. The minimum Gasteiger partial charge on any atom is -0.372 e. The number of piperidine rings is 1. The summed E-state index contributed by atoms with van der Waals surface area (Å²) in [7, 11) is 0. The van der Waals surface area contributed by atoms with Gasteiger partial charge in [0.25, 0.3) is 12.3 Å². The van der Waals surface area contributed by atoms with Gasteiger partial charge in [0.05, 0.1) is 39.7 Å². The number of hydrogen-bond donors (Lipinski definition) is 1. The zero-order chi connectivity index (χ0) is 24.9. The van der Waals surface area contributed by atoms with Crippen LogP contribution in [0.25, 0.3) is 0 Å². The van der Waals surface area contributed by atoms with Gasteiger partial charge >= 0.3 is 0 Å². The molecule has 3 heterocycles. The number of carbonyl (C=O) groups is 1. The molecule has 12 heteroatoms. The van der Waals surface area contributed by atoms with Crippen LogP contribution in [0.3, 0.4) is 0 Å². The molecule has 188 valence electrons. The van der Waals surface area contributed by atoms with Crippen molar-refractivity contribution in [3.05, 3.63) is 68.2 Å². The van der Waals surface area contributed by atoms with Gasteiger partial charge in [-0.3, -0.25) is 9.69 Å². The first-order valence-corrected chi connectivity index (χ1v) is 12.3. The highest BCUT2D eigenvalue weighted by atomic mass is 35.5. The summed E-state index contributed by atoms with van der Waals surface area (Å²) >= 11 is 7.11. The topological polar surface area (TPSA) is 80.5 Å². The maximum absolute atomic E-state index is 14.2. The molecule has 0 saturated carbocycles. The molecule has 1 amide bonds. The molecule has 1 atom stereocenters. The quantitative estimate of drug-likeness (QED) is 0.405. The standard InChI is InChI=1S/C23H24ClF3N4O3S/c1-13-9-14(30-34-13)11-33-15-5-7-31(8-6-15)18(21-20(22(26)27)29-12-35-21)10-28-23(32)19-16(24)3-2-4-17(19)25/h2-4,9,12,15,18,22H,5-8,10-11H2,1H3,(H,28,32). The van der Waals surface area contributed by atoms with Crippen molar-refractivity contribution in [3.8, 4) is 0 Å². The van der Waals surface area contributed by atoms with Crippen LogP contribution in [0.5, 0.6) is 0 Å². The van der Waals surface area contributed by atoms with Crippen LogP contribution >= 0.6 is 22.9 Å². The van der Waals surface area contributed by atoms with Gasteiger partial charge in [-0.05, 0) is 31.9 Å². The van der Waals surface area contributed by atoms with E-state index in [0.717, 1.165) is 17.4 Å². The van der Waals surface area contributed by atoms with E-state index in [2.05, 4.69) is 15.5 Å². The number of nitrogens with zero attached hydrogens (tertiary/aromatic N) is 3. The Labute approximate surface area is 209 Å². The number of rotatable bonds is 9. The van der Waals surface area contributed by atoms with Gasteiger partial charge in [-0.2, -0.15) is 0 Å². The average molecular weight is 529 g/mol. The molecule has 1 aromatic carbocycles. The molecule has 1 aliphatic heterocycles. The Morgan fingerprint density at radius 1 is 1.37 bits per heavy atom. The van der Waals surface area contributed by atoms with Gasteiger partial charge in [0, 0.05) is 25.7 Å². The van der Waals surface area contributed by atoms with Crippen molar-refractivity contribution in [3.63, 3.8) is 0 Å². The number of benzene rings is 1. The van der Waals surface area contributed by atoms with E-state index >= 15 is 0 Å². The number of nitrogens with one attached hydrogen (secondary N) is 1. The van der Waals surface area contributed by atoms with Gasteiger partial charge in [0.1, 0.15) is 23.0 Å². The zero-order valence-electron chi connectivity index (χ0n) is 18.8. The van der Waals surface area contributed by atoms with E-state index in [1.165, 1.54) is 17.6 Å². The Hall–Kier alpha value is -2.47. The smallest absolute Gasteiger partial charge is 0.281 e. The van der Waals surface area contributed by atoms with E-state index in [9.17, 15) is 18.0 Å². The lowest BCUT2D eigenvalue weighted by Crippen LogP contribution is -2.44. The Morgan fingerprint density at radius 2 is 2.14 bits per heavy atom. The number of carbonyl (C=O) groups excluding carboxylic acids is 1. The molecular weight excluding hydrogens is 505 g/mol. The number of alkyl halides is 2. The van der Waals surface area contributed by atoms with E-state index in [1.807, 2.05) is 11.0 Å². The lowest BCUT2D eigenvalue weighted by atomic mass is 10.0. The fourth-order valence-corrected chi connectivity index (χ4v) is 5.28. The normalized spacial score (nSPS) is 16.1. The highest BCUT2D eigenvalue weighted by Crippen LogP contribution is 2.34. The lowest BCUT2D eigenvalue weighted by Gasteiger charge is -2.37. The van der Waals surface area contributed by atoms with Gasteiger partial charge < -0.3 is 14.6 Å². The van der Waals surface area contributed by atoms with Crippen molar-refractivity contribution in [2.45, 2.75) is 44.9 Å². The van der Waals surface area contributed by atoms with Gasteiger partial charge in [-0.1, -0.05) is 22.8 Å². The third kappa shape index (κ3) is 6.21. The molecule has 4 rings (SSSR count). The van der Waals surface area contributed by atoms with Crippen LogP contribution < -0.4 is 5.32 Å². The van der Waals surface area contributed by atoms with Crippen LogP contribution in [0, 0.1) is 12.7 Å². The van der Waals surface area contributed by atoms with Crippen LogP contribution in [0.2, 0.25) is 5.02 Å². The molecule has 0 spiro atoms. The first-order chi connectivity index (χ1) is 16.8. The molecule has 35 heavy (non-hydrogen) atoms. The second kappa shape index (κ2) is 11.5. The van der Waals surface area contributed by atoms with E-state index in [0.29, 0.717) is 48.9 Å². The number of aryl methyl sites for hydroxylation is 1. The molecule has 0 radical (unpaired) electrons. The fourth-order valence-electron chi connectivity index (χ4n) is 4.10. The number of halogens is 4. The van der Waals surface area contributed by atoms with E-state index < -0.39 is 24.2 Å². The summed E-state index contributed by atoms with van der Waals surface area (Å²) in [5, 5.41) is 6.57. The largest absolute Gasteiger partial charge is 0.372 e. The first kappa shape index (κ1) is 25.6. The molecule has 0 aliphatic carbocycles. The number of thiazole rings is 1. The minimum absolute atomic E-state index is 0.00481. The van der Waals surface area contributed by atoms with Gasteiger partial charge in [0.15, 0.2) is 0 Å². The highest BCUT2D eigenvalue weighted by molar-refractivity contribution is 7.09. The molecule has 1 fully saturated rings. The zero-order valence-corrected chi connectivity index (χ0v) is 20.4. The molecular formula is C23H24ClF3N4O3S. The SMILES string of the molecule is Cc1cc(COC2CCN(C(CNC(=O)c3c(F)cccc3Cl)c3scnc3C(F)F)CC2)no1. The first-order valence-electron chi connectivity index (χ1n) is 11.0. The fraction of sp³-hybridized carbons (Fsp3) is 0.435. The van der Waals surface area contributed by atoms with Crippen LogP contribution in [0.4, 0.5) is 13.2 Å². The van der Waals surface area contributed by atoms with Crippen LogP contribution in [0.15, 0.2) is 34.3 Å². The molecule has 7 nitrogen and oxygen atoms in total. The van der Waals surface area contributed by atoms with Gasteiger partial charge in [-0.25, -0.2) is 18.2 Å². The summed E-state index contributed by atoms with van der Waals surface area (Å²) < 4.78 is 52.4. The van der Waals surface area contributed by atoms with Crippen molar-refractivity contribution in [1.29, 1.82) is 0 Å². The third-order valence-electron chi connectivity index (χ3n) is 5.84. The molecule has 1 saturated heterocycles. The van der Waals surface area contributed by atoms with Crippen molar-refractivity contribution < 1.29 is 27.2 Å². The second-order valence-electron chi connectivity index (χ2n) is 8.20. The van der Waals surface area contributed by atoms with Crippen molar-refractivity contribution in [1.82, 2.24) is 20.4 Å². The van der Waals surface area contributed by atoms with Crippen molar-refractivity contribution >= 4 is 28.8 Å². The number of ether oxygens (including phenoxy) is 1. The predicted octanol–water partition coefficient (Wildman–Crippen LogP) is 5.32. The Morgan fingerprint density at radius 3 is 2.80 bits per heavy atom. The summed E-state index contributed by atoms with van der Waals surface area (Å²) in [6, 6.07) is 5.22. The molecule has 1 aliphatic rings. The predicted molar refractivity (Wildman–Crippen MR) is 124 cm³/mol. The summed E-state index contributed by atoms with van der Waals surface area (Å²) in [6.07, 6.45) is -1.43. The monoisotopic (exact) mass is 528 g/mol. The molecule has 2 aromatic heterocycles. The molecule has 1 N–H and O–H groups in total. The van der Waals surface area contributed by atoms with Crippen LogP contribution in [0.1, 0.15) is 57.7 Å². The lowest BCUT2D eigenvalue weighted by molar-refractivity contribution is -0.0132. The third-order valence-corrected chi connectivity index (χ3v) is 7.10. The summed E-state index contributed by atoms with van der Waals surface area (Å²) in [5.41, 5.74) is 1.50. The Kier molecular flexibility index (Phi) is 8.42.